The summed E-state index contributed by atoms with van der Waals surface area (Å²) in [4.78, 5) is 0. The van der Waals surface area contributed by atoms with Gasteiger partial charge in [0.1, 0.15) is 0 Å². The molecule has 0 aromatic carbocycles. The molecule has 0 amide bonds. The van der Waals surface area contributed by atoms with E-state index in [1.165, 1.54) is 0 Å². The van der Waals surface area contributed by atoms with E-state index >= 15 is 0 Å². The van der Waals surface area contributed by atoms with Crippen molar-refractivity contribution >= 4 is 63.3 Å². The minimum Gasteiger partial charge on any atom is -0.181 e. The zero-order valence-corrected chi connectivity index (χ0v) is 9.00. The summed E-state index contributed by atoms with van der Waals surface area (Å²) in [6, 6.07) is 0. The van der Waals surface area contributed by atoms with E-state index in [-0.39, 0.29) is 0 Å². The Labute approximate surface area is 72.1 Å². The topological polar surface area (TPSA) is 3.24 Å². The third-order valence-corrected chi connectivity index (χ3v) is 7.34. The zero-order valence-electron chi connectivity index (χ0n) is 3.50. The Bertz CT molecular complexity index is 134. The first kappa shape index (κ1) is 8.83. The molecule has 0 heterocycles. The van der Waals surface area contributed by atoms with E-state index < -0.39 is 6.36 Å². The molecule has 0 radical (unpaired) electrons. The van der Waals surface area contributed by atoms with Gasteiger partial charge in [-0.1, -0.05) is 11.7 Å². The highest BCUT2D eigenvalue weighted by Gasteiger charge is 1.95. The second-order valence-corrected chi connectivity index (χ2v) is 11.0. The van der Waals surface area contributed by atoms with Crippen LogP contribution in [-0.4, -0.2) is 9.57 Å². The molecule has 0 atom stereocenters. The van der Waals surface area contributed by atoms with E-state index in [1.807, 2.05) is 29.9 Å². The fraction of sp³-hybridized carbons (Fsp3) is 1.00. The van der Waals surface area contributed by atoms with Gasteiger partial charge >= 0.3 is 0 Å². The highest BCUT2D eigenvalue weighted by Crippen LogP contribution is 2.08. The maximum absolute atomic E-state index is 4.79. The predicted molar refractivity (Wildman–Crippen MR) is 52.9 cm³/mol. The first-order chi connectivity index (χ1) is 2.94. The SMILES string of the molecule is CN(I)S(=S)(=S)S. The van der Waals surface area contributed by atoms with E-state index in [0.29, 0.717) is 0 Å². The van der Waals surface area contributed by atoms with Gasteiger partial charge in [-0.3, -0.25) is 0 Å². The lowest BCUT2D eigenvalue weighted by Gasteiger charge is -2.06. The summed E-state index contributed by atoms with van der Waals surface area (Å²) < 4.78 is 1.73. The summed E-state index contributed by atoms with van der Waals surface area (Å²) in [6.07, 6.45) is -1.56. The first-order valence-corrected chi connectivity index (χ1v) is 6.77. The fourth-order valence-corrected chi connectivity index (χ4v) is 0. The summed E-state index contributed by atoms with van der Waals surface area (Å²) in [5.74, 6) is 0. The molecule has 0 saturated heterocycles. The maximum atomic E-state index is 4.79. The van der Waals surface area contributed by atoms with Crippen molar-refractivity contribution in [1.29, 1.82) is 0 Å². The lowest BCUT2D eigenvalue weighted by atomic mass is 11.6. The van der Waals surface area contributed by atoms with Crippen LogP contribution in [0.15, 0.2) is 0 Å². The van der Waals surface area contributed by atoms with Crippen LogP contribution >= 0.6 is 34.5 Å². The molecule has 0 saturated carbocycles. The minimum atomic E-state index is -1.56. The Balaban J connectivity index is 4.10. The van der Waals surface area contributed by atoms with Crippen LogP contribution in [0.3, 0.4) is 0 Å². The molecule has 0 rings (SSSR count). The van der Waals surface area contributed by atoms with Crippen molar-refractivity contribution in [3.8, 4) is 0 Å². The van der Waals surface area contributed by atoms with Gasteiger partial charge in [-0.15, -0.1) is 0 Å². The van der Waals surface area contributed by atoms with E-state index in [0.717, 1.165) is 0 Å². The number of nitrogens with zero attached hydrogens (tertiary/aromatic N) is 1. The number of thiol groups is 1. The third-order valence-electron chi connectivity index (χ3n) is 0.318. The average Bonchev–Trinajstić information content (AvgIpc) is 1.31. The Morgan fingerprint density at radius 1 is 1.71 bits per heavy atom. The molecule has 0 aromatic rings. The zero-order chi connectivity index (χ0) is 6.08. The second-order valence-electron chi connectivity index (χ2n) is 0.868. The van der Waals surface area contributed by atoms with Gasteiger partial charge < -0.3 is 0 Å². The average molecular weight is 285 g/mol. The number of hydrogen-bond acceptors (Lipinski definition) is 2. The first-order valence-electron chi connectivity index (χ1n) is 1.31. The number of rotatable bonds is 1. The van der Waals surface area contributed by atoms with Crippen molar-refractivity contribution in [2.75, 3.05) is 7.05 Å². The second kappa shape index (κ2) is 3.11. The standard InChI is InChI=1S/CH4INS4/c1-3(2)7(4,5)6/h1H3,(H,4,5,6). The molecule has 0 aromatic heterocycles. The smallest absolute Gasteiger partial charge is 0.0327 e. The molecule has 0 fully saturated rings. The molecule has 1 nitrogen and oxygen atoms in total. The van der Waals surface area contributed by atoms with E-state index in [1.54, 1.807) is 2.52 Å². The van der Waals surface area contributed by atoms with Crippen molar-refractivity contribution in [1.82, 2.24) is 2.52 Å². The summed E-state index contributed by atoms with van der Waals surface area (Å²) in [5.41, 5.74) is 0. The summed E-state index contributed by atoms with van der Waals surface area (Å²) in [7, 11) is 1.82. The Hall–Kier alpha value is 1.83. The molecule has 6 heteroatoms. The molecule has 44 valence electrons. The molecule has 0 N–H and O–H groups in total. The van der Waals surface area contributed by atoms with Crippen LogP contribution < -0.4 is 0 Å². The lowest BCUT2D eigenvalue weighted by molar-refractivity contribution is 1.02. The molecule has 0 spiro atoms. The van der Waals surface area contributed by atoms with Crippen molar-refractivity contribution in [3.05, 3.63) is 0 Å². The Kier molecular flexibility index (Phi) is 3.93. The third kappa shape index (κ3) is 4.34. The van der Waals surface area contributed by atoms with Gasteiger partial charge in [0.25, 0.3) is 0 Å². The molecule has 7 heavy (non-hydrogen) atoms. The molecular weight excluding hydrogens is 281 g/mol. The highest BCUT2D eigenvalue weighted by molar-refractivity contribution is 14.1. The van der Waals surface area contributed by atoms with Crippen molar-refractivity contribution in [3.63, 3.8) is 0 Å². The van der Waals surface area contributed by atoms with Gasteiger partial charge in [-0.05, 0) is 22.4 Å². The maximum Gasteiger partial charge on any atom is 0.0327 e. The van der Waals surface area contributed by atoms with Gasteiger partial charge in [-0.2, -0.15) is 2.52 Å². The largest absolute Gasteiger partial charge is 0.181 e. The monoisotopic (exact) mass is 285 g/mol. The summed E-state index contributed by atoms with van der Waals surface area (Å²) in [5, 5.41) is 0. The van der Waals surface area contributed by atoms with Crippen molar-refractivity contribution in [2.45, 2.75) is 0 Å². The van der Waals surface area contributed by atoms with Gasteiger partial charge in [0.15, 0.2) is 0 Å². The van der Waals surface area contributed by atoms with E-state index in [4.69, 9.17) is 22.4 Å². The van der Waals surface area contributed by atoms with Crippen LogP contribution in [0.5, 0.6) is 0 Å². The number of hydrogen-bond donors (Lipinski definition) is 1. The van der Waals surface area contributed by atoms with Crippen LogP contribution in [0.4, 0.5) is 0 Å². The van der Waals surface area contributed by atoms with E-state index in [9.17, 15) is 0 Å². The van der Waals surface area contributed by atoms with Crippen LogP contribution in [0, 0.1) is 0 Å². The fourth-order valence-electron chi connectivity index (χ4n) is 0. The highest BCUT2D eigenvalue weighted by atomic mass is 127. The Morgan fingerprint density at radius 3 is 1.86 bits per heavy atom. The quantitative estimate of drug-likeness (QED) is 0.333. The van der Waals surface area contributed by atoms with Gasteiger partial charge in [0.05, 0.1) is 0 Å². The molecule has 0 unspecified atom stereocenters. The summed E-state index contributed by atoms with van der Waals surface area (Å²) in [6.45, 7) is 0. The summed E-state index contributed by atoms with van der Waals surface area (Å²) >= 11 is 15.6. The lowest BCUT2D eigenvalue weighted by Crippen LogP contribution is -2.05. The number of halogens is 1. The Morgan fingerprint density at radius 2 is 1.86 bits per heavy atom. The van der Waals surface area contributed by atoms with Gasteiger partial charge in [0, 0.05) is 36.3 Å². The van der Waals surface area contributed by atoms with Crippen molar-refractivity contribution < 1.29 is 0 Å². The van der Waals surface area contributed by atoms with Crippen LogP contribution in [0.1, 0.15) is 0 Å². The van der Waals surface area contributed by atoms with E-state index in [2.05, 4.69) is 11.7 Å². The molecule has 0 bridgehead atoms. The van der Waals surface area contributed by atoms with Crippen LogP contribution in [-0.2, 0) is 28.7 Å². The molecule has 0 aliphatic heterocycles. The molecular formula is CH4INS4. The molecule has 0 aliphatic carbocycles. The van der Waals surface area contributed by atoms with Gasteiger partial charge in [-0.25, -0.2) is 0 Å². The minimum absolute atomic E-state index is 1.56. The van der Waals surface area contributed by atoms with Crippen LogP contribution in [0.2, 0.25) is 0 Å². The normalized spacial score (nSPS) is 12.6. The van der Waals surface area contributed by atoms with Gasteiger partial charge in [0.2, 0.25) is 0 Å². The van der Waals surface area contributed by atoms with Crippen molar-refractivity contribution in [2.24, 2.45) is 0 Å². The predicted octanol–water partition coefficient (Wildman–Crippen LogP) is 1.11. The molecule has 0 aliphatic rings. The van der Waals surface area contributed by atoms with Crippen LogP contribution in [0.25, 0.3) is 0 Å².